The minimum atomic E-state index is -0.555. The lowest BCUT2D eigenvalue weighted by Crippen LogP contribution is -2.25. The van der Waals surface area contributed by atoms with Gasteiger partial charge in [-0.2, -0.15) is 5.10 Å². The minimum absolute atomic E-state index is 0.173. The number of benzene rings is 2. The second-order valence-electron chi connectivity index (χ2n) is 6.03. The van der Waals surface area contributed by atoms with E-state index in [0.717, 1.165) is 5.56 Å². The van der Waals surface area contributed by atoms with Gasteiger partial charge in [0.2, 0.25) is 0 Å². The van der Waals surface area contributed by atoms with Gasteiger partial charge in [-0.1, -0.05) is 23.7 Å². The maximum Gasteiger partial charge on any atom is 0.343 e. The van der Waals surface area contributed by atoms with E-state index in [1.54, 1.807) is 24.3 Å². The molecule has 1 heterocycles. The number of esters is 1. The number of anilines is 1. The van der Waals surface area contributed by atoms with Gasteiger partial charge in [0.25, 0.3) is 5.91 Å². The predicted molar refractivity (Wildman–Crippen MR) is 107 cm³/mol. The lowest BCUT2D eigenvalue weighted by molar-refractivity contribution is 0.0601. The highest BCUT2D eigenvalue weighted by Crippen LogP contribution is 2.18. The third-order valence-electron chi connectivity index (χ3n) is 4.20. The van der Waals surface area contributed by atoms with Crippen LogP contribution in [-0.2, 0) is 11.2 Å². The fourth-order valence-electron chi connectivity index (χ4n) is 2.66. The number of nitrogens with zero attached hydrogens (tertiary/aromatic N) is 2. The number of nitrogen functional groups attached to an aromatic ring is 1. The number of rotatable bonds is 6. The Morgan fingerprint density at radius 3 is 2.46 bits per heavy atom. The van der Waals surface area contributed by atoms with Gasteiger partial charge >= 0.3 is 5.97 Å². The summed E-state index contributed by atoms with van der Waals surface area (Å²) < 4.78 is 6.07. The summed E-state index contributed by atoms with van der Waals surface area (Å²) in [5.74, 6) is -0.559. The second kappa shape index (κ2) is 8.58. The zero-order valence-corrected chi connectivity index (χ0v) is 15.9. The Morgan fingerprint density at radius 1 is 1.14 bits per heavy atom. The molecule has 0 saturated heterocycles. The molecule has 0 atom stereocenters. The third-order valence-corrected chi connectivity index (χ3v) is 4.45. The molecule has 144 valence electrons. The summed E-state index contributed by atoms with van der Waals surface area (Å²) in [6, 6.07) is 14.3. The largest absolute Gasteiger partial charge is 0.465 e. The molecule has 2 aromatic carbocycles. The lowest BCUT2D eigenvalue weighted by atomic mass is 10.1. The van der Waals surface area contributed by atoms with E-state index in [-0.39, 0.29) is 17.3 Å². The molecule has 0 aliphatic heterocycles. The molecule has 7 nitrogen and oxygen atoms in total. The van der Waals surface area contributed by atoms with Gasteiger partial charge < -0.3 is 15.8 Å². The molecule has 28 heavy (non-hydrogen) atoms. The van der Waals surface area contributed by atoms with E-state index in [2.05, 4.69) is 15.2 Å². The number of hydrogen-bond acceptors (Lipinski definition) is 5. The van der Waals surface area contributed by atoms with Crippen molar-refractivity contribution in [1.29, 1.82) is 0 Å². The van der Waals surface area contributed by atoms with Gasteiger partial charge in [0.05, 0.1) is 19.0 Å². The first-order valence-corrected chi connectivity index (χ1v) is 8.92. The summed E-state index contributed by atoms with van der Waals surface area (Å²) in [6.45, 7) is 0.511. The van der Waals surface area contributed by atoms with E-state index >= 15 is 0 Å². The number of ether oxygens (including phenoxy) is 1. The van der Waals surface area contributed by atoms with Crippen LogP contribution >= 0.6 is 11.6 Å². The van der Waals surface area contributed by atoms with E-state index in [4.69, 9.17) is 17.3 Å². The molecule has 0 spiro atoms. The van der Waals surface area contributed by atoms with Crippen LogP contribution in [0.3, 0.4) is 0 Å². The molecular weight excluding hydrogens is 380 g/mol. The van der Waals surface area contributed by atoms with Crippen molar-refractivity contribution < 1.29 is 14.3 Å². The molecular formula is C20H19ClN4O3. The van der Waals surface area contributed by atoms with E-state index in [1.807, 2.05) is 24.3 Å². The van der Waals surface area contributed by atoms with Crippen molar-refractivity contribution in [3.8, 4) is 5.69 Å². The average Bonchev–Trinajstić information content (AvgIpc) is 3.10. The van der Waals surface area contributed by atoms with Crippen LogP contribution in [0.15, 0.2) is 54.7 Å². The van der Waals surface area contributed by atoms with Crippen LogP contribution < -0.4 is 11.1 Å². The van der Waals surface area contributed by atoms with Crippen molar-refractivity contribution >= 4 is 29.3 Å². The normalized spacial score (nSPS) is 10.5. The quantitative estimate of drug-likeness (QED) is 0.622. The first-order chi connectivity index (χ1) is 13.5. The van der Waals surface area contributed by atoms with Gasteiger partial charge in [-0.25, -0.2) is 9.48 Å². The molecule has 0 aliphatic carbocycles. The van der Waals surface area contributed by atoms with Crippen molar-refractivity contribution in [1.82, 2.24) is 15.1 Å². The molecule has 0 saturated carbocycles. The zero-order valence-electron chi connectivity index (χ0n) is 15.2. The van der Waals surface area contributed by atoms with Gasteiger partial charge in [-0.3, -0.25) is 4.79 Å². The Bertz CT molecular complexity index is 982. The van der Waals surface area contributed by atoms with E-state index in [1.165, 1.54) is 18.0 Å². The number of amides is 1. The van der Waals surface area contributed by atoms with Gasteiger partial charge in [0.1, 0.15) is 11.4 Å². The number of carbonyl (C=O) groups is 2. The molecule has 0 fully saturated rings. The molecule has 8 heteroatoms. The standard InChI is InChI=1S/C20H19ClN4O3/c1-28-20(27)17-12-24-25(18(17)22)16-8-4-14(5-9-16)19(26)23-11-10-13-2-6-15(21)7-3-13/h2-9,12H,10-11,22H2,1H3,(H,23,26). The van der Waals surface area contributed by atoms with Crippen LogP contribution in [0.1, 0.15) is 26.3 Å². The average molecular weight is 399 g/mol. The molecule has 0 aliphatic rings. The van der Waals surface area contributed by atoms with Crippen molar-refractivity contribution in [3.05, 3.63) is 76.4 Å². The van der Waals surface area contributed by atoms with Crippen molar-refractivity contribution in [3.63, 3.8) is 0 Å². The minimum Gasteiger partial charge on any atom is -0.465 e. The van der Waals surface area contributed by atoms with Crippen LogP contribution in [0.25, 0.3) is 5.69 Å². The smallest absolute Gasteiger partial charge is 0.343 e. The summed E-state index contributed by atoms with van der Waals surface area (Å²) in [5, 5.41) is 7.66. The Hall–Kier alpha value is -3.32. The second-order valence-corrected chi connectivity index (χ2v) is 6.46. The lowest BCUT2D eigenvalue weighted by Gasteiger charge is -2.08. The highest BCUT2D eigenvalue weighted by atomic mass is 35.5. The zero-order chi connectivity index (χ0) is 20.1. The van der Waals surface area contributed by atoms with Gasteiger partial charge in [-0.05, 0) is 48.4 Å². The molecule has 0 unspecified atom stereocenters. The number of aromatic nitrogens is 2. The monoisotopic (exact) mass is 398 g/mol. The summed E-state index contributed by atoms with van der Waals surface area (Å²) in [7, 11) is 1.28. The van der Waals surface area contributed by atoms with Crippen LogP contribution in [0, 0.1) is 0 Å². The van der Waals surface area contributed by atoms with Crippen LogP contribution in [-0.4, -0.2) is 35.3 Å². The number of carbonyl (C=O) groups excluding carboxylic acids is 2. The molecule has 1 aromatic heterocycles. The Kier molecular flexibility index (Phi) is 5.96. The number of halogens is 1. The van der Waals surface area contributed by atoms with Crippen molar-refractivity contribution in [2.45, 2.75) is 6.42 Å². The number of methoxy groups -OCH3 is 1. The maximum atomic E-state index is 12.3. The Morgan fingerprint density at radius 2 is 1.82 bits per heavy atom. The van der Waals surface area contributed by atoms with Crippen LogP contribution in [0.5, 0.6) is 0 Å². The molecule has 3 aromatic rings. The first-order valence-electron chi connectivity index (χ1n) is 8.54. The predicted octanol–water partition coefficient (Wildman–Crippen LogP) is 2.87. The number of nitrogens with two attached hydrogens (primary N) is 1. The Balaban J connectivity index is 1.62. The van der Waals surface area contributed by atoms with Gasteiger partial charge in [0, 0.05) is 17.1 Å². The van der Waals surface area contributed by atoms with E-state index < -0.39 is 5.97 Å². The molecule has 3 N–H and O–H groups in total. The van der Waals surface area contributed by atoms with E-state index in [9.17, 15) is 9.59 Å². The SMILES string of the molecule is COC(=O)c1cnn(-c2ccc(C(=O)NCCc3ccc(Cl)cc3)cc2)c1N. The van der Waals surface area contributed by atoms with Crippen LogP contribution in [0.4, 0.5) is 5.82 Å². The van der Waals surface area contributed by atoms with Crippen molar-refractivity contribution in [2.75, 3.05) is 19.4 Å². The molecule has 0 bridgehead atoms. The molecule has 1 amide bonds. The number of nitrogens with one attached hydrogen (secondary N) is 1. The maximum absolute atomic E-state index is 12.3. The van der Waals surface area contributed by atoms with Gasteiger partial charge in [0.15, 0.2) is 0 Å². The summed E-state index contributed by atoms with van der Waals surface area (Å²) in [4.78, 5) is 23.9. The molecule has 0 radical (unpaired) electrons. The first kappa shape index (κ1) is 19.4. The highest BCUT2D eigenvalue weighted by Gasteiger charge is 2.16. The molecule has 3 rings (SSSR count). The highest BCUT2D eigenvalue weighted by molar-refractivity contribution is 6.30. The van der Waals surface area contributed by atoms with Crippen molar-refractivity contribution in [2.24, 2.45) is 0 Å². The summed E-state index contributed by atoms with van der Waals surface area (Å²) in [6.07, 6.45) is 2.06. The summed E-state index contributed by atoms with van der Waals surface area (Å²) in [5.41, 5.74) is 8.37. The fourth-order valence-corrected chi connectivity index (χ4v) is 2.78. The fraction of sp³-hybridized carbons (Fsp3) is 0.150. The van der Waals surface area contributed by atoms with Gasteiger partial charge in [-0.15, -0.1) is 0 Å². The topological polar surface area (TPSA) is 99.2 Å². The van der Waals surface area contributed by atoms with E-state index in [0.29, 0.717) is 29.2 Å². The Labute approximate surface area is 167 Å². The van der Waals surface area contributed by atoms with Crippen LogP contribution in [0.2, 0.25) is 5.02 Å². The summed E-state index contributed by atoms with van der Waals surface area (Å²) >= 11 is 5.86. The number of hydrogen-bond donors (Lipinski definition) is 2. The third kappa shape index (κ3) is 4.32.